The topological polar surface area (TPSA) is 62.0 Å². The highest BCUT2D eigenvalue weighted by atomic mass is 19.1. The lowest BCUT2D eigenvalue weighted by Gasteiger charge is -2.31. The smallest absolute Gasteiger partial charge is 0.316 e. The number of nitriles is 1. The first kappa shape index (κ1) is 15.4. The highest BCUT2D eigenvalue weighted by molar-refractivity contribution is 5.31. The van der Waals surface area contributed by atoms with Crippen molar-refractivity contribution in [3.05, 3.63) is 53.6 Å². The largest absolute Gasteiger partial charge is 0.460 e. The zero-order valence-electron chi connectivity index (χ0n) is 12.7. The molecule has 2 aromatic rings. The lowest BCUT2D eigenvalue weighted by molar-refractivity contribution is 0.0890. The lowest BCUT2D eigenvalue weighted by atomic mass is 10.1. The summed E-state index contributed by atoms with van der Waals surface area (Å²) in [5.74, 6) is -0.463. The molecule has 0 unspecified atom stereocenters. The predicted octanol–water partition coefficient (Wildman–Crippen LogP) is 2.53. The molecule has 1 aliphatic rings. The number of nitrogens with zero attached hydrogens (tertiary/aromatic N) is 4. The molecule has 5 nitrogen and oxygen atoms in total. The summed E-state index contributed by atoms with van der Waals surface area (Å²) in [6.45, 7) is 2.71. The van der Waals surface area contributed by atoms with Gasteiger partial charge >= 0.3 is 6.01 Å². The van der Waals surface area contributed by atoms with Crippen molar-refractivity contribution in [2.24, 2.45) is 0 Å². The first-order valence-electron chi connectivity index (χ1n) is 7.58. The molecule has 6 heteroatoms. The zero-order chi connectivity index (χ0) is 16.1. The van der Waals surface area contributed by atoms with E-state index < -0.39 is 5.82 Å². The van der Waals surface area contributed by atoms with Crippen LogP contribution >= 0.6 is 0 Å². The minimum absolute atomic E-state index is 0.0673. The maximum absolute atomic E-state index is 12.8. The number of rotatable bonds is 4. The minimum Gasteiger partial charge on any atom is -0.460 e. The Hall–Kier alpha value is -2.52. The van der Waals surface area contributed by atoms with E-state index in [2.05, 4.69) is 20.9 Å². The summed E-state index contributed by atoms with van der Waals surface area (Å²) >= 11 is 0. The van der Waals surface area contributed by atoms with Gasteiger partial charge in [0.05, 0.1) is 24.0 Å². The van der Waals surface area contributed by atoms with E-state index >= 15 is 0 Å². The normalized spacial score (nSPS) is 16.0. The first-order valence-corrected chi connectivity index (χ1v) is 7.58. The van der Waals surface area contributed by atoms with Crippen LogP contribution in [0.25, 0.3) is 0 Å². The summed E-state index contributed by atoms with van der Waals surface area (Å²) in [6.07, 6.45) is 4.07. The summed E-state index contributed by atoms with van der Waals surface area (Å²) in [4.78, 5) is 10.0. The van der Waals surface area contributed by atoms with Crippen LogP contribution in [0.15, 0.2) is 36.7 Å². The average molecular weight is 312 g/mol. The SMILES string of the molecule is N#Cc1ccc(CN2CCC(Oc3ncc(F)cn3)CC2)cc1. The van der Waals surface area contributed by atoms with Crippen molar-refractivity contribution in [3.8, 4) is 12.1 Å². The van der Waals surface area contributed by atoms with Crippen molar-refractivity contribution in [3.63, 3.8) is 0 Å². The molecule has 1 saturated heterocycles. The zero-order valence-corrected chi connectivity index (χ0v) is 12.7. The molecule has 23 heavy (non-hydrogen) atoms. The van der Waals surface area contributed by atoms with Gasteiger partial charge in [-0.05, 0) is 30.5 Å². The summed E-state index contributed by atoms with van der Waals surface area (Å²) in [7, 11) is 0. The Morgan fingerprint density at radius 1 is 1.17 bits per heavy atom. The molecule has 2 heterocycles. The van der Waals surface area contributed by atoms with Crippen LogP contribution in [0.1, 0.15) is 24.0 Å². The van der Waals surface area contributed by atoms with Crippen molar-refractivity contribution in [2.75, 3.05) is 13.1 Å². The number of aromatic nitrogens is 2. The van der Waals surface area contributed by atoms with Gasteiger partial charge in [-0.15, -0.1) is 0 Å². The molecule has 0 aliphatic carbocycles. The number of hydrogen-bond acceptors (Lipinski definition) is 5. The van der Waals surface area contributed by atoms with E-state index in [0.717, 1.165) is 44.9 Å². The van der Waals surface area contributed by atoms with E-state index in [-0.39, 0.29) is 12.1 Å². The second-order valence-electron chi connectivity index (χ2n) is 5.59. The number of hydrogen-bond donors (Lipinski definition) is 0. The summed E-state index contributed by atoms with van der Waals surface area (Å²) in [5, 5.41) is 8.81. The van der Waals surface area contributed by atoms with Crippen LogP contribution in [-0.2, 0) is 6.54 Å². The van der Waals surface area contributed by atoms with Crippen molar-refractivity contribution in [2.45, 2.75) is 25.5 Å². The molecule has 0 N–H and O–H groups in total. The van der Waals surface area contributed by atoms with E-state index in [1.807, 2.05) is 24.3 Å². The van der Waals surface area contributed by atoms with Gasteiger partial charge < -0.3 is 4.74 Å². The molecule has 0 amide bonds. The molecular formula is C17H17FN4O. The Bertz CT molecular complexity index is 673. The van der Waals surface area contributed by atoms with E-state index in [0.29, 0.717) is 5.56 Å². The fourth-order valence-electron chi connectivity index (χ4n) is 2.64. The van der Waals surface area contributed by atoms with E-state index in [4.69, 9.17) is 10.00 Å². The highest BCUT2D eigenvalue weighted by Gasteiger charge is 2.21. The van der Waals surface area contributed by atoms with Crippen molar-refractivity contribution in [1.29, 1.82) is 5.26 Å². The van der Waals surface area contributed by atoms with Gasteiger partial charge in [-0.25, -0.2) is 14.4 Å². The predicted molar refractivity (Wildman–Crippen MR) is 82.1 cm³/mol. The Morgan fingerprint density at radius 2 is 1.83 bits per heavy atom. The summed E-state index contributed by atoms with van der Waals surface area (Å²) in [5.41, 5.74) is 1.88. The fourth-order valence-corrected chi connectivity index (χ4v) is 2.64. The third kappa shape index (κ3) is 4.24. The van der Waals surface area contributed by atoms with Crippen LogP contribution in [0.4, 0.5) is 4.39 Å². The molecule has 1 aliphatic heterocycles. The summed E-state index contributed by atoms with van der Waals surface area (Å²) in [6, 6.07) is 10.0. The molecule has 0 saturated carbocycles. The van der Waals surface area contributed by atoms with Crippen LogP contribution in [0.2, 0.25) is 0 Å². The second-order valence-corrected chi connectivity index (χ2v) is 5.59. The van der Waals surface area contributed by atoms with Crippen LogP contribution in [0.3, 0.4) is 0 Å². The Kier molecular flexibility index (Phi) is 4.79. The maximum atomic E-state index is 12.8. The number of benzene rings is 1. The number of ether oxygens (including phenoxy) is 1. The highest BCUT2D eigenvalue weighted by Crippen LogP contribution is 2.18. The maximum Gasteiger partial charge on any atom is 0.316 e. The van der Waals surface area contributed by atoms with E-state index in [1.165, 1.54) is 5.56 Å². The third-order valence-corrected chi connectivity index (χ3v) is 3.89. The van der Waals surface area contributed by atoms with Crippen molar-refractivity contribution < 1.29 is 9.13 Å². The van der Waals surface area contributed by atoms with Gasteiger partial charge in [-0.1, -0.05) is 12.1 Å². The third-order valence-electron chi connectivity index (χ3n) is 3.89. The van der Waals surface area contributed by atoms with Gasteiger partial charge in [0.1, 0.15) is 6.10 Å². The number of halogens is 1. The molecule has 118 valence electrons. The Labute approximate surface area is 134 Å². The molecule has 1 aromatic carbocycles. The average Bonchev–Trinajstić information content (AvgIpc) is 2.59. The Balaban J connectivity index is 1.48. The molecule has 3 rings (SSSR count). The van der Waals surface area contributed by atoms with Crippen LogP contribution in [-0.4, -0.2) is 34.1 Å². The Morgan fingerprint density at radius 3 is 2.43 bits per heavy atom. The molecule has 0 radical (unpaired) electrons. The molecule has 0 atom stereocenters. The second kappa shape index (κ2) is 7.16. The van der Waals surface area contributed by atoms with Crippen molar-refractivity contribution >= 4 is 0 Å². The van der Waals surface area contributed by atoms with Gasteiger partial charge in [0.25, 0.3) is 0 Å². The van der Waals surface area contributed by atoms with E-state index in [1.54, 1.807) is 0 Å². The van der Waals surface area contributed by atoms with Gasteiger partial charge in [0, 0.05) is 19.6 Å². The van der Waals surface area contributed by atoms with Gasteiger partial charge in [-0.2, -0.15) is 5.26 Å². The van der Waals surface area contributed by atoms with Crippen LogP contribution < -0.4 is 4.74 Å². The number of likely N-dealkylation sites (tertiary alicyclic amines) is 1. The van der Waals surface area contributed by atoms with E-state index in [9.17, 15) is 4.39 Å². The van der Waals surface area contributed by atoms with Crippen LogP contribution in [0, 0.1) is 17.1 Å². The monoisotopic (exact) mass is 312 g/mol. The molecule has 0 bridgehead atoms. The standard InChI is InChI=1S/C17H17FN4O/c18-15-10-20-17(21-11-15)23-16-5-7-22(8-6-16)12-14-3-1-13(9-19)2-4-14/h1-4,10-11,16H,5-8,12H2. The quantitative estimate of drug-likeness (QED) is 0.868. The number of piperidine rings is 1. The fraction of sp³-hybridized carbons (Fsp3) is 0.353. The molecule has 0 spiro atoms. The van der Waals surface area contributed by atoms with Gasteiger partial charge in [0.15, 0.2) is 5.82 Å². The first-order chi connectivity index (χ1) is 11.2. The van der Waals surface area contributed by atoms with Crippen LogP contribution in [0.5, 0.6) is 6.01 Å². The van der Waals surface area contributed by atoms with Gasteiger partial charge in [0.2, 0.25) is 0 Å². The lowest BCUT2D eigenvalue weighted by Crippen LogP contribution is -2.38. The van der Waals surface area contributed by atoms with Crippen molar-refractivity contribution in [1.82, 2.24) is 14.9 Å². The summed E-state index contributed by atoms with van der Waals surface area (Å²) < 4.78 is 18.5. The molecular weight excluding hydrogens is 295 g/mol. The molecule has 1 aromatic heterocycles. The van der Waals surface area contributed by atoms with Gasteiger partial charge in [-0.3, -0.25) is 4.90 Å². The molecule has 1 fully saturated rings. The minimum atomic E-state index is -0.463.